The summed E-state index contributed by atoms with van der Waals surface area (Å²) in [6, 6.07) is 8.31. The molecule has 0 atom stereocenters. The maximum atomic E-state index is 6.12. The third-order valence-electron chi connectivity index (χ3n) is 4.70. The molecular weight excluding hydrogens is 275 g/mol. The highest BCUT2D eigenvalue weighted by molar-refractivity contribution is 6.62. The molecule has 0 bridgehead atoms. The van der Waals surface area contributed by atoms with Gasteiger partial charge in [-0.05, 0) is 45.6 Å². The van der Waals surface area contributed by atoms with Gasteiger partial charge >= 0.3 is 7.12 Å². The molecule has 1 aromatic carbocycles. The molecule has 5 heteroatoms. The Morgan fingerprint density at radius 2 is 1.77 bits per heavy atom. The summed E-state index contributed by atoms with van der Waals surface area (Å²) in [5, 5.41) is 4.34. The van der Waals surface area contributed by atoms with Crippen LogP contribution in [0.1, 0.15) is 34.6 Å². The van der Waals surface area contributed by atoms with Crippen LogP contribution in [0.4, 0.5) is 0 Å². The zero-order valence-electron chi connectivity index (χ0n) is 14.0. The summed E-state index contributed by atoms with van der Waals surface area (Å²) in [6.45, 7) is 11.2. The summed E-state index contributed by atoms with van der Waals surface area (Å²) in [5.41, 5.74) is 2.65. The van der Waals surface area contributed by atoms with E-state index in [4.69, 9.17) is 9.31 Å². The van der Waals surface area contributed by atoms with Crippen molar-refractivity contribution in [2.45, 2.75) is 52.4 Å². The molecule has 2 aromatic rings. The molecule has 116 valence electrons. The Bertz CT molecular complexity index is 663. The highest BCUT2D eigenvalue weighted by atomic mass is 16.7. The zero-order valence-corrected chi connectivity index (χ0v) is 14.0. The second kappa shape index (κ2) is 5.25. The predicted octanol–water partition coefficient (Wildman–Crippen LogP) is 2.87. The number of hydrogen-bond donors (Lipinski definition) is 0. The molecule has 1 fully saturated rings. The van der Waals surface area contributed by atoms with Crippen molar-refractivity contribution in [3.8, 4) is 11.1 Å². The summed E-state index contributed by atoms with van der Waals surface area (Å²) >= 11 is 0. The minimum atomic E-state index is -0.328. The summed E-state index contributed by atoms with van der Waals surface area (Å²) in [4.78, 5) is 0. The molecule has 1 aliphatic rings. The van der Waals surface area contributed by atoms with Crippen LogP contribution < -0.4 is 5.46 Å². The molecule has 22 heavy (non-hydrogen) atoms. The Morgan fingerprint density at radius 3 is 2.36 bits per heavy atom. The van der Waals surface area contributed by atoms with Crippen LogP contribution in [0, 0.1) is 0 Å². The molecule has 0 spiro atoms. The van der Waals surface area contributed by atoms with E-state index in [0.717, 1.165) is 23.1 Å². The Labute approximate surface area is 132 Å². The van der Waals surface area contributed by atoms with Crippen molar-refractivity contribution in [3.05, 3.63) is 36.7 Å². The van der Waals surface area contributed by atoms with Gasteiger partial charge in [-0.25, -0.2) is 0 Å². The average molecular weight is 298 g/mol. The van der Waals surface area contributed by atoms with Gasteiger partial charge in [0.1, 0.15) is 0 Å². The summed E-state index contributed by atoms with van der Waals surface area (Å²) in [6.07, 6.45) is 3.95. The summed E-state index contributed by atoms with van der Waals surface area (Å²) in [7, 11) is -0.328. The number of aryl methyl sites for hydroxylation is 1. The van der Waals surface area contributed by atoms with Crippen molar-refractivity contribution in [1.29, 1.82) is 0 Å². The lowest BCUT2D eigenvalue weighted by Gasteiger charge is -2.32. The monoisotopic (exact) mass is 298 g/mol. The molecule has 0 amide bonds. The molecule has 0 radical (unpaired) electrons. The van der Waals surface area contributed by atoms with Crippen LogP contribution in [0.15, 0.2) is 36.7 Å². The molecule has 3 rings (SSSR count). The van der Waals surface area contributed by atoms with Crippen LogP contribution in [-0.4, -0.2) is 28.1 Å². The van der Waals surface area contributed by atoms with Gasteiger partial charge < -0.3 is 9.31 Å². The minimum Gasteiger partial charge on any atom is -0.399 e. The van der Waals surface area contributed by atoms with E-state index in [1.54, 1.807) is 0 Å². The molecule has 0 unspecified atom stereocenters. The van der Waals surface area contributed by atoms with E-state index in [-0.39, 0.29) is 18.3 Å². The van der Waals surface area contributed by atoms with Crippen molar-refractivity contribution in [1.82, 2.24) is 9.78 Å². The lowest BCUT2D eigenvalue weighted by atomic mass is 9.78. The van der Waals surface area contributed by atoms with E-state index < -0.39 is 0 Å². The van der Waals surface area contributed by atoms with Crippen molar-refractivity contribution >= 4 is 12.6 Å². The van der Waals surface area contributed by atoms with Gasteiger partial charge in [-0.15, -0.1) is 0 Å². The first kappa shape index (κ1) is 15.3. The molecule has 0 saturated carbocycles. The summed E-state index contributed by atoms with van der Waals surface area (Å²) < 4.78 is 14.2. The minimum absolute atomic E-state index is 0.319. The van der Waals surface area contributed by atoms with Crippen molar-refractivity contribution in [2.75, 3.05) is 0 Å². The van der Waals surface area contributed by atoms with Crippen LogP contribution >= 0.6 is 0 Å². The van der Waals surface area contributed by atoms with E-state index >= 15 is 0 Å². The smallest absolute Gasteiger partial charge is 0.399 e. The first-order valence-electron chi connectivity index (χ1n) is 7.81. The zero-order chi connectivity index (χ0) is 16.0. The van der Waals surface area contributed by atoms with E-state index in [1.807, 2.05) is 16.9 Å². The molecule has 2 heterocycles. The van der Waals surface area contributed by atoms with E-state index in [2.05, 4.69) is 64.1 Å². The number of rotatable bonds is 3. The fraction of sp³-hybridized carbons (Fsp3) is 0.471. The van der Waals surface area contributed by atoms with Crippen molar-refractivity contribution < 1.29 is 9.31 Å². The molecular formula is C17H23BN2O2. The van der Waals surface area contributed by atoms with Crippen LogP contribution in [0.2, 0.25) is 0 Å². The standard InChI is InChI=1S/C17H23BN2O2/c1-6-20-12-14(11-19-20)13-8-7-9-15(10-13)18-21-16(2,3)17(4,5)22-18/h7-12H,6H2,1-5H3. The quantitative estimate of drug-likeness (QED) is 0.818. The van der Waals surface area contributed by atoms with E-state index in [1.165, 1.54) is 0 Å². The third kappa shape index (κ3) is 2.59. The van der Waals surface area contributed by atoms with Crippen molar-refractivity contribution in [3.63, 3.8) is 0 Å². The van der Waals surface area contributed by atoms with Gasteiger partial charge in [0.2, 0.25) is 0 Å². The Balaban J connectivity index is 1.89. The number of benzene rings is 1. The Hall–Kier alpha value is -1.59. The predicted molar refractivity (Wildman–Crippen MR) is 89.1 cm³/mol. The molecule has 4 nitrogen and oxygen atoms in total. The maximum Gasteiger partial charge on any atom is 0.494 e. The van der Waals surface area contributed by atoms with Crippen molar-refractivity contribution in [2.24, 2.45) is 0 Å². The number of hydrogen-bond acceptors (Lipinski definition) is 3. The fourth-order valence-electron chi connectivity index (χ4n) is 2.53. The average Bonchev–Trinajstić information content (AvgIpc) is 3.02. The van der Waals surface area contributed by atoms with Crippen LogP contribution in [0.3, 0.4) is 0 Å². The molecule has 1 aliphatic heterocycles. The summed E-state index contributed by atoms with van der Waals surface area (Å²) in [5.74, 6) is 0. The van der Waals surface area contributed by atoms with Gasteiger partial charge in [-0.2, -0.15) is 5.10 Å². The molecule has 1 aromatic heterocycles. The second-order valence-electron chi connectivity index (χ2n) is 6.80. The highest BCUT2D eigenvalue weighted by Crippen LogP contribution is 2.36. The largest absolute Gasteiger partial charge is 0.494 e. The van der Waals surface area contributed by atoms with E-state index in [9.17, 15) is 0 Å². The molecule has 0 aliphatic carbocycles. The van der Waals surface area contributed by atoms with E-state index in [0.29, 0.717) is 0 Å². The van der Waals surface area contributed by atoms with Crippen LogP contribution in [-0.2, 0) is 15.9 Å². The van der Waals surface area contributed by atoms with Crippen LogP contribution in [0.5, 0.6) is 0 Å². The first-order chi connectivity index (χ1) is 10.3. The van der Waals surface area contributed by atoms with Gasteiger partial charge in [-0.1, -0.05) is 24.3 Å². The SMILES string of the molecule is CCn1cc(-c2cccc(B3OC(C)(C)C(C)(C)O3)c2)cn1. The Morgan fingerprint density at radius 1 is 1.09 bits per heavy atom. The second-order valence-corrected chi connectivity index (χ2v) is 6.80. The normalized spacial score (nSPS) is 19.6. The van der Waals surface area contributed by atoms with Gasteiger partial charge in [-0.3, -0.25) is 4.68 Å². The van der Waals surface area contributed by atoms with Crippen LogP contribution in [0.25, 0.3) is 11.1 Å². The molecule has 1 saturated heterocycles. The van der Waals surface area contributed by atoms with Gasteiger partial charge in [0.05, 0.1) is 17.4 Å². The highest BCUT2D eigenvalue weighted by Gasteiger charge is 2.51. The third-order valence-corrected chi connectivity index (χ3v) is 4.70. The first-order valence-corrected chi connectivity index (χ1v) is 7.81. The molecule has 0 N–H and O–H groups in total. The van der Waals surface area contributed by atoms with Gasteiger partial charge in [0, 0.05) is 18.3 Å². The Kier molecular flexibility index (Phi) is 3.65. The number of nitrogens with zero attached hydrogens (tertiary/aromatic N) is 2. The van der Waals surface area contributed by atoms with Gasteiger partial charge in [0.15, 0.2) is 0 Å². The topological polar surface area (TPSA) is 36.3 Å². The lowest BCUT2D eigenvalue weighted by Crippen LogP contribution is -2.41. The van der Waals surface area contributed by atoms with Gasteiger partial charge in [0.25, 0.3) is 0 Å². The fourth-order valence-corrected chi connectivity index (χ4v) is 2.53. The lowest BCUT2D eigenvalue weighted by molar-refractivity contribution is 0.00578. The number of aromatic nitrogens is 2. The maximum absolute atomic E-state index is 6.12.